The Labute approximate surface area is 138 Å². The van der Waals surface area contributed by atoms with Crippen LogP contribution in [0.5, 0.6) is 0 Å². The SMILES string of the molecule is Cc1cc(C2=CSc3nnc([C@H]4CCC[NH2+]4)n3N2)ccc1Cl. The standard InChI is InChI=1S/C15H16ClN5S/c1-9-7-10(4-5-11(9)16)13-8-22-15-19-18-14(21(15)20-13)12-3-2-6-17-12/h4-5,7-8,12,17,20H,2-3,6H2,1H3/p+1/t12-/m1/s1. The van der Waals surface area contributed by atoms with Crippen LogP contribution in [-0.2, 0) is 0 Å². The molecular formula is C15H17ClN5S+. The van der Waals surface area contributed by atoms with Crippen molar-refractivity contribution in [3.05, 3.63) is 45.6 Å². The largest absolute Gasteiger partial charge is 0.337 e. The predicted octanol–water partition coefficient (Wildman–Crippen LogP) is 2.29. The Hall–Kier alpha value is -1.50. The van der Waals surface area contributed by atoms with Crippen LogP contribution in [0, 0.1) is 6.92 Å². The number of benzene rings is 1. The zero-order valence-corrected chi connectivity index (χ0v) is 13.8. The van der Waals surface area contributed by atoms with Gasteiger partial charge in [0.25, 0.3) is 0 Å². The quantitative estimate of drug-likeness (QED) is 0.884. The highest BCUT2D eigenvalue weighted by Crippen LogP contribution is 2.31. The summed E-state index contributed by atoms with van der Waals surface area (Å²) >= 11 is 7.72. The first kappa shape index (κ1) is 14.1. The van der Waals surface area contributed by atoms with E-state index in [1.807, 2.05) is 23.7 Å². The van der Waals surface area contributed by atoms with Gasteiger partial charge >= 0.3 is 0 Å². The zero-order valence-electron chi connectivity index (χ0n) is 12.2. The number of hydrogen-bond donors (Lipinski definition) is 2. The number of nitrogens with one attached hydrogen (secondary N) is 1. The minimum absolute atomic E-state index is 0.403. The summed E-state index contributed by atoms with van der Waals surface area (Å²) in [4.78, 5) is 0. The van der Waals surface area contributed by atoms with Gasteiger partial charge in [0.2, 0.25) is 11.0 Å². The van der Waals surface area contributed by atoms with E-state index in [9.17, 15) is 0 Å². The van der Waals surface area contributed by atoms with Gasteiger partial charge in [-0.25, -0.2) is 4.68 Å². The van der Waals surface area contributed by atoms with E-state index in [1.165, 1.54) is 13.0 Å². The molecule has 0 radical (unpaired) electrons. The third kappa shape index (κ3) is 2.41. The van der Waals surface area contributed by atoms with E-state index < -0.39 is 0 Å². The second kappa shape index (κ2) is 5.61. The second-order valence-corrected chi connectivity index (χ2v) is 6.92. The van der Waals surface area contributed by atoms with Gasteiger partial charge in [0.1, 0.15) is 6.04 Å². The number of hydrogen-bond acceptors (Lipinski definition) is 4. The lowest BCUT2D eigenvalue weighted by molar-refractivity contribution is -0.677. The second-order valence-electron chi connectivity index (χ2n) is 5.67. The summed E-state index contributed by atoms with van der Waals surface area (Å²) in [6.45, 7) is 3.19. The first-order valence-electron chi connectivity index (χ1n) is 7.41. The van der Waals surface area contributed by atoms with E-state index in [0.29, 0.717) is 6.04 Å². The lowest BCUT2D eigenvalue weighted by Gasteiger charge is -2.20. The van der Waals surface area contributed by atoms with Gasteiger partial charge in [0, 0.05) is 28.8 Å². The van der Waals surface area contributed by atoms with Crippen molar-refractivity contribution < 1.29 is 5.32 Å². The number of quaternary nitrogens is 1. The minimum Gasteiger partial charge on any atom is -0.337 e. The molecule has 0 bridgehead atoms. The molecule has 4 rings (SSSR count). The third-order valence-electron chi connectivity index (χ3n) is 4.14. The zero-order chi connectivity index (χ0) is 15.1. The smallest absolute Gasteiger partial charge is 0.214 e. The van der Waals surface area contributed by atoms with Gasteiger partial charge in [-0.05, 0) is 24.6 Å². The predicted molar refractivity (Wildman–Crippen MR) is 88.2 cm³/mol. The molecule has 2 aromatic rings. The number of halogens is 1. The molecule has 0 aliphatic carbocycles. The molecule has 2 aliphatic heterocycles. The fraction of sp³-hybridized carbons (Fsp3) is 0.333. The van der Waals surface area contributed by atoms with Crippen molar-refractivity contribution in [1.29, 1.82) is 0 Å². The average molecular weight is 335 g/mol. The summed E-state index contributed by atoms with van der Waals surface area (Å²) in [5.41, 5.74) is 6.70. The molecule has 0 unspecified atom stereocenters. The van der Waals surface area contributed by atoms with Gasteiger partial charge in [-0.2, -0.15) is 0 Å². The first-order chi connectivity index (χ1) is 10.7. The Balaban J connectivity index is 1.65. The summed E-state index contributed by atoms with van der Waals surface area (Å²) in [5.74, 6) is 1.01. The maximum absolute atomic E-state index is 6.12. The van der Waals surface area contributed by atoms with E-state index in [-0.39, 0.29) is 0 Å². The molecule has 3 N–H and O–H groups in total. The van der Waals surface area contributed by atoms with Crippen LogP contribution in [0.25, 0.3) is 5.70 Å². The molecule has 3 heterocycles. The van der Waals surface area contributed by atoms with E-state index in [2.05, 4.69) is 32.4 Å². The molecule has 1 atom stereocenters. The van der Waals surface area contributed by atoms with Crippen molar-refractivity contribution >= 4 is 29.1 Å². The van der Waals surface area contributed by atoms with Crippen molar-refractivity contribution in [2.75, 3.05) is 12.0 Å². The van der Waals surface area contributed by atoms with Crippen molar-refractivity contribution in [1.82, 2.24) is 14.9 Å². The molecular weight excluding hydrogens is 318 g/mol. The molecule has 22 heavy (non-hydrogen) atoms. The lowest BCUT2D eigenvalue weighted by Crippen LogP contribution is -2.82. The molecule has 2 aliphatic rings. The molecule has 0 amide bonds. The molecule has 1 aromatic carbocycles. The van der Waals surface area contributed by atoms with Crippen molar-refractivity contribution in [3.63, 3.8) is 0 Å². The number of nitrogens with zero attached hydrogens (tertiary/aromatic N) is 3. The molecule has 0 spiro atoms. The van der Waals surface area contributed by atoms with Crippen LogP contribution in [0.4, 0.5) is 0 Å². The maximum Gasteiger partial charge on any atom is 0.214 e. The van der Waals surface area contributed by atoms with E-state index in [0.717, 1.165) is 39.2 Å². The van der Waals surface area contributed by atoms with Gasteiger partial charge < -0.3 is 5.32 Å². The highest BCUT2D eigenvalue weighted by Gasteiger charge is 2.29. The van der Waals surface area contributed by atoms with Gasteiger partial charge in [-0.1, -0.05) is 29.4 Å². The fourth-order valence-corrected chi connectivity index (χ4v) is 3.78. The molecule has 1 aromatic heterocycles. The number of thioether (sulfide) groups is 1. The van der Waals surface area contributed by atoms with Crippen molar-refractivity contribution in [3.8, 4) is 0 Å². The summed E-state index contributed by atoms with van der Waals surface area (Å²) in [5, 5.41) is 14.8. The Kier molecular flexibility index (Phi) is 3.60. The van der Waals surface area contributed by atoms with Crippen LogP contribution >= 0.6 is 23.4 Å². The van der Waals surface area contributed by atoms with Crippen LogP contribution in [0.2, 0.25) is 5.02 Å². The van der Waals surface area contributed by atoms with Crippen LogP contribution in [0.1, 0.15) is 35.8 Å². The Morgan fingerprint density at radius 3 is 3.09 bits per heavy atom. The molecule has 0 saturated carbocycles. The van der Waals surface area contributed by atoms with E-state index >= 15 is 0 Å². The summed E-state index contributed by atoms with van der Waals surface area (Å²) in [6, 6.07) is 6.47. The normalized spacial score (nSPS) is 20.5. The summed E-state index contributed by atoms with van der Waals surface area (Å²) < 4.78 is 2.02. The Morgan fingerprint density at radius 2 is 2.32 bits per heavy atom. The van der Waals surface area contributed by atoms with Gasteiger partial charge in [-0.15, -0.1) is 10.2 Å². The number of rotatable bonds is 2. The number of fused-ring (bicyclic) bond motifs is 1. The monoisotopic (exact) mass is 334 g/mol. The Bertz CT molecular complexity index is 748. The molecule has 5 nitrogen and oxygen atoms in total. The fourth-order valence-electron chi connectivity index (χ4n) is 2.92. The van der Waals surface area contributed by atoms with Crippen molar-refractivity contribution in [2.45, 2.75) is 31.0 Å². The maximum atomic E-state index is 6.12. The summed E-state index contributed by atoms with van der Waals surface area (Å²) in [7, 11) is 0. The van der Waals surface area contributed by atoms with Crippen LogP contribution in [0.15, 0.2) is 28.8 Å². The minimum atomic E-state index is 0.403. The van der Waals surface area contributed by atoms with Gasteiger partial charge in [0.15, 0.2) is 0 Å². The van der Waals surface area contributed by atoms with Crippen LogP contribution in [-0.4, -0.2) is 21.4 Å². The molecule has 114 valence electrons. The number of aryl methyl sites for hydroxylation is 1. The van der Waals surface area contributed by atoms with Crippen LogP contribution < -0.4 is 10.7 Å². The summed E-state index contributed by atoms with van der Waals surface area (Å²) in [6.07, 6.45) is 2.39. The first-order valence-corrected chi connectivity index (χ1v) is 8.67. The van der Waals surface area contributed by atoms with Crippen LogP contribution in [0.3, 0.4) is 0 Å². The van der Waals surface area contributed by atoms with Gasteiger partial charge in [0.05, 0.1) is 12.2 Å². The van der Waals surface area contributed by atoms with E-state index in [4.69, 9.17) is 11.6 Å². The third-order valence-corrected chi connectivity index (χ3v) is 5.40. The lowest BCUT2D eigenvalue weighted by atomic mass is 10.1. The average Bonchev–Trinajstić information content (AvgIpc) is 3.17. The molecule has 1 fully saturated rings. The molecule has 1 saturated heterocycles. The highest BCUT2D eigenvalue weighted by molar-refractivity contribution is 8.02. The topological polar surface area (TPSA) is 59.4 Å². The molecule has 7 heteroatoms. The Morgan fingerprint density at radius 1 is 1.41 bits per heavy atom. The van der Waals surface area contributed by atoms with Gasteiger partial charge in [-0.3, -0.25) is 5.43 Å². The highest BCUT2D eigenvalue weighted by atomic mass is 35.5. The van der Waals surface area contributed by atoms with Crippen molar-refractivity contribution in [2.24, 2.45) is 0 Å². The van der Waals surface area contributed by atoms with E-state index in [1.54, 1.807) is 11.8 Å². The number of nitrogens with two attached hydrogens (primary N) is 1. The number of aromatic nitrogens is 3.